The smallest absolute Gasteiger partial charge is 0.134 e. The lowest BCUT2D eigenvalue weighted by atomic mass is 10.1. The van der Waals surface area contributed by atoms with Crippen LogP contribution in [-0.4, -0.2) is 19.4 Å². The van der Waals surface area contributed by atoms with Crippen molar-refractivity contribution in [2.75, 3.05) is 13.6 Å². The minimum atomic E-state index is 0. The van der Waals surface area contributed by atoms with Crippen LogP contribution in [0.1, 0.15) is 26.6 Å². The predicted octanol–water partition coefficient (Wildman–Crippen LogP) is 1.72. The second-order valence-electron chi connectivity index (χ2n) is 4.62. The Balaban J connectivity index is 0.00000220. The first-order valence-electron chi connectivity index (χ1n) is 6.63. The van der Waals surface area contributed by atoms with Gasteiger partial charge in [-0.25, -0.2) is 5.43 Å². The van der Waals surface area contributed by atoms with Gasteiger partial charge in [0.2, 0.25) is 0 Å². The molecule has 0 spiro atoms. The first-order chi connectivity index (χ1) is 9.74. The minimum absolute atomic E-state index is 0. The number of nitrogens with zero attached hydrogens (tertiary/aromatic N) is 1. The highest BCUT2D eigenvalue weighted by Gasteiger charge is 2.15. The number of hydrogen-bond acceptors (Lipinski definition) is 5. The van der Waals surface area contributed by atoms with E-state index >= 15 is 0 Å². The van der Waals surface area contributed by atoms with Crippen molar-refractivity contribution in [3.63, 3.8) is 0 Å². The summed E-state index contributed by atoms with van der Waals surface area (Å²) in [5.74, 6) is 6.72. The zero-order valence-electron chi connectivity index (χ0n) is 11.8. The Morgan fingerprint density at radius 3 is 2.95 bits per heavy atom. The zero-order valence-corrected chi connectivity index (χ0v) is 11.8. The van der Waals surface area contributed by atoms with Gasteiger partial charge in [-0.05, 0) is 39.1 Å². The summed E-state index contributed by atoms with van der Waals surface area (Å²) >= 11 is 0. The molecule has 0 fully saturated rings. The molecule has 0 amide bonds. The highest BCUT2D eigenvalue weighted by Crippen LogP contribution is 2.25. The Kier molecular flexibility index (Phi) is 4.97. The molecule has 2 aromatic rings. The van der Waals surface area contributed by atoms with E-state index in [4.69, 9.17) is 10.3 Å². The van der Waals surface area contributed by atoms with Gasteiger partial charge in [0.15, 0.2) is 0 Å². The molecule has 20 heavy (non-hydrogen) atoms. The fourth-order valence-electron chi connectivity index (χ4n) is 1.97. The molecule has 5 N–H and O–H groups in total. The molecule has 0 bridgehead atoms. The van der Waals surface area contributed by atoms with Gasteiger partial charge >= 0.3 is 0 Å². The molecule has 2 rings (SSSR count). The molecule has 1 unspecified atom stereocenters. The van der Waals surface area contributed by atoms with Gasteiger partial charge < -0.3 is 21.0 Å². The summed E-state index contributed by atoms with van der Waals surface area (Å²) in [7, 11) is 1.93. The van der Waals surface area contributed by atoms with Crippen LogP contribution in [0.3, 0.4) is 0 Å². The van der Waals surface area contributed by atoms with Crippen LogP contribution >= 0.6 is 0 Å². The van der Waals surface area contributed by atoms with E-state index in [0.717, 1.165) is 29.7 Å². The van der Waals surface area contributed by atoms with E-state index in [0.29, 0.717) is 5.84 Å². The summed E-state index contributed by atoms with van der Waals surface area (Å²) in [6.45, 7) is 2.66. The van der Waals surface area contributed by atoms with E-state index in [-0.39, 0.29) is 7.47 Å². The summed E-state index contributed by atoms with van der Waals surface area (Å²) < 4.78 is 5.89. The molecule has 0 aliphatic carbocycles. The summed E-state index contributed by atoms with van der Waals surface area (Å²) in [6, 6.07) is 10.1. The molecule has 6 nitrogen and oxygen atoms in total. The SMILES string of the molecule is CNCCC(NN/C(C)=N\N)c1cc2ccccc2o1.[HH]. The molecule has 1 aromatic heterocycles. The minimum Gasteiger partial charge on any atom is -0.459 e. The number of hydrazone groups is 1. The van der Waals surface area contributed by atoms with Gasteiger partial charge in [-0.3, -0.25) is 0 Å². The topological polar surface area (TPSA) is 87.6 Å². The number of hydrazine groups is 1. The second kappa shape index (κ2) is 6.93. The lowest BCUT2D eigenvalue weighted by molar-refractivity contribution is 0.392. The largest absolute Gasteiger partial charge is 0.459 e. The number of nitrogens with two attached hydrogens (primary N) is 1. The molecule has 0 aliphatic heterocycles. The van der Waals surface area contributed by atoms with Crippen molar-refractivity contribution in [1.29, 1.82) is 0 Å². The molecule has 0 saturated heterocycles. The lowest BCUT2D eigenvalue weighted by Gasteiger charge is -2.17. The highest BCUT2D eigenvalue weighted by atomic mass is 16.3. The van der Waals surface area contributed by atoms with Gasteiger partial charge in [-0.15, -0.1) is 0 Å². The van der Waals surface area contributed by atoms with Crippen LogP contribution in [0.2, 0.25) is 0 Å². The van der Waals surface area contributed by atoms with Crippen molar-refractivity contribution >= 4 is 16.8 Å². The van der Waals surface area contributed by atoms with Crippen LogP contribution in [0.5, 0.6) is 0 Å². The van der Waals surface area contributed by atoms with Crippen molar-refractivity contribution in [2.24, 2.45) is 10.9 Å². The third-order valence-corrected chi connectivity index (χ3v) is 3.09. The molecule has 0 saturated carbocycles. The lowest BCUT2D eigenvalue weighted by Crippen LogP contribution is -2.40. The van der Waals surface area contributed by atoms with Gasteiger partial charge in [0.1, 0.15) is 17.2 Å². The normalized spacial score (nSPS) is 13.6. The van der Waals surface area contributed by atoms with E-state index in [9.17, 15) is 0 Å². The van der Waals surface area contributed by atoms with E-state index < -0.39 is 0 Å². The number of rotatable bonds is 6. The van der Waals surface area contributed by atoms with E-state index in [1.807, 2.05) is 31.3 Å². The second-order valence-corrected chi connectivity index (χ2v) is 4.62. The Labute approximate surface area is 119 Å². The number of amidine groups is 1. The quantitative estimate of drug-likeness (QED) is 0.279. The summed E-state index contributed by atoms with van der Waals surface area (Å²) in [4.78, 5) is 0. The van der Waals surface area contributed by atoms with Crippen molar-refractivity contribution < 1.29 is 5.84 Å². The van der Waals surface area contributed by atoms with Crippen LogP contribution in [0, 0.1) is 0 Å². The first-order valence-corrected chi connectivity index (χ1v) is 6.63. The van der Waals surface area contributed by atoms with Gasteiger partial charge in [0.05, 0.1) is 6.04 Å². The zero-order chi connectivity index (χ0) is 14.4. The maximum atomic E-state index is 5.89. The predicted molar refractivity (Wildman–Crippen MR) is 83.2 cm³/mol. The van der Waals surface area contributed by atoms with Crippen LogP contribution < -0.4 is 22.0 Å². The van der Waals surface area contributed by atoms with Gasteiger partial charge in [-0.1, -0.05) is 18.2 Å². The number of furan rings is 1. The molecule has 6 heteroatoms. The van der Waals surface area contributed by atoms with Gasteiger partial charge in [0.25, 0.3) is 0 Å². The summed E-state index contributed by atoms with van der Waals surface area (Å²) in [5, 5.41) is 7.81. The van der Waals surface area contributed by atoms with Crippen molar-refractivity contribution in [2.45, 2.75) is 19.4 Å². The monoisotopic (exact) mass is 277 g/mol. The fraction of sp³-hybridized carbons (Fsp3) is 0.357. The number of para-hydroxylation sites is 1. The Morgan fingerprint density at radius 2 is 2.25 bits per heavy atom. The number of benzene rings is 1. The van der Waals surface area contributed by atoms with E-state index in [1.54, 1.807) is 6.92 Å². The van der Waals surface area contributed by atoms with Gasteiger partial charge in [-0.2, -0.15) is 5.10 Å². The summed E-state index contributed by atoms with van der Waals surface area (Å²) in [5.41, 5.74) is 7.05. The Hall–Kier alpha value is -2.05. The maximum absolute atomic E-state index is 5.89. The van der Waals surface area contributed by atoms with Gasteiger partial charge in [0, 0.05) is 6.81 Å². The molecule has 1 atom stereocenters. The van der Waals surface area contributed by atoms with E-state index in [1.165, 1.54) is 0 Å². The fourth-order valence-corrected chi connectivity index (χ4v) is 1.97. The van der Waals surface area contributed by atoms with Crippen LogP contribution in [0.25, 0.3) is 11.0 Å². The Bertz CT molecular complexity index is 551. The van der Waals surface area contributed by atoms with E-state index in [2.05, 4.69) is 27.3 Å². The average molecular weight is 277 g/mol. The number of nitrogens with one attached hydrogen (secondary N) is 3. The van der Waals surface area contributed by atoms with Crippen molar-refractivity contribution in [3.05, 3.63) is 36.1 Å². The van der Waals surface area contributed by atoms with Crippen molar-refractivity contribution in [1.82, 2.24) is 16.2 Å². The maximum Gasteiger partial charge on any atom is 0.134 e. The average Bonchev–Trinajstić information content (AvgIpc) is 2.90. The third-order valence-electron chi connectivity index (χ3n) is 3.09. The molecule has 0 aliphatic rings. The highest BCUT2D eigenvalue weighted by molar-refractivity contribution is 5.79. The number of fused-ring (bicyclic) bond motifs is 1. The Morgan fingerprint density at radius 1 is 1.45 bits per heavy atom. The molecule has 1 heterocycles. The standard InChI is InChI=1S/C14H21N5O.H2/c1-10(17-15)18-19-12(7-8-16-2)14-9-11-5-3-4-6-13(11)20-14;/h3-6,9,12,16,19H,7-8,15H2,1-2H3,(H,17,18);1H. The van der Waals surface area contributed by atoms with Crippen LogP contribution in [-0.2, 0) is 0 Å². The molecule has 0 radical (unpaired) electrons. The third kappa shape index (κ3) is 3.49. The molecule has 1 aromatic carbocycles. The molecular weight excluding hydrogens is 254 g/mol. The molecular formula is C14H23N5O. The molecule has 110 valence electrons. The van der Waals surface area contributed by atoms with Crippen LogP contribution in [0.15, 0.2) is 39.9 Å². The van der Waals surface area contributed by atoms with Crippen LogP contribution in [0.4, 0.5) is 0 Å². The van der Waals surface area contributed by atoms with Crippen molar-refractivity contribution in [3.8, 4) is 0 Å². The summed E-state index contributed by atoms with van der Waals surface area (Å²) in [6.07, 6.45) is 0.876. The number of hydrogen-bond donors (Lipinski definition) is 4. The first kappa shape index (κ1) is 14.4.